The molecular weight excluding hydrogens is 498 g/mol. The molecule has 0 saturated carbocycles. The normalized spacial score (nSPS) is 13.2. The Morgan fingerprint density at radius 3 is 1.79 bits per heavy atom. The lowest BCUT2D eigenvalue weighted by Crippen LogP contribution is -2.56. The van der Waals surface area contributed by atoms with Crippen molar-refractivity contribution in [1.82, 2.24) is 10.6 Å². The van der Waals surface area contributed by atoms with Gasteiger partial charge in [-0.05, 0) is 47.4 Å². The molecule has 0 aromatic heterocycles. The number of primary amides is 1. The molecule has 0 bridgehead atoms. The van der Waals surface area contributed by atoms with E-state index in [2.05, 4.69) is 10.6 Å². The maximum atomic E-state index is 14.4. The van der Waals surface area contributed by atoms with Gasteiger partial charge in [0.25, 0.3) is 0 Å². The molecule has 0 aliphatic heterocycles. The topological polar surface area (TPSA) is 168 Å². The third kappa shape index (κ3) is 7.50. The molecule has 3 aromatic rings. The van der Waals surface area contributed by atoms with Gasteiger partial charge in [0.1, 0.15) is 23.7 Å². The molecule has 3 unspecified atom stereocenters. The first-order valence-electron chi connectivity index (χ1n) is 11.7. The summed E-state index contributed by atoms with van der Waals surface area (Å²) in [6.45, 7) is 0. The van der Waals surface area contributed by atoms with E-state index in [4.69, 9.17) is 11.5 Å². The zero-order valence-corrected chi connectivity index (χ0v) is 20.2. The Balaban J connectivity index is 1.78. The van der Waals surface area contributed by atoms with Crippen LogP contribution in [-0.4, -0.2) is 46.1 Å². The number of phenolic OH excluding ortho intramolecular Hbond substituents is 2. The van der Waals surface area contributed by atoms with E-state index in [0.717, 1.165) is 0 Å². The number of halogens is 2. The first-order chi connectivity index (χ1) is 18.0. The highest BCUT2D eigenvalue weighted by atomic mass is 19.1. The molecule has 0 heterocycles. The molecule has 0 radical (unpaired) electrons. The minimum Gasteiger partial charge on any atom is -0.504 e. The maximum Gasteiger partial charge on any atom is 0.243 e. The standard InChI is InChI=1S/C27H28F2N4O5/c28-18-7-3-1-5-16(18)13-21(25(31)36)32-27(38)22(14-17-6-2-4-8-19(17)29)33-26(37)20(30)11-15-9-10-23(34)24(35)12-15/h1-10,12,20-22,34-35H,11,13-14,30H2,(H2,31,36)(H,32,38)(H,33,37). The summed E-state index contributed by atoms with van der Waals surface area (Å²) in [5.41, 5.74) is 12.1. The van der Waals surface area contributed by atoms with Gasteiger partial charge in [0.05, 0.1) is 6.04 Å². The number of carbonyl (C=O) groups excluding carboxylic acids is 3. The van der Waals surface area contributed by atoms with Crippen LogP contribution in [-0.2, 0) is 33.6 Å². The second-order valence-corrected chi connectivity index (χ2v) is 8.75. The largest absolute Gasteiger partial charge is 0.504 e. The second kappa shape index (κ2) is 12.6. The lowest BCUT2D eigenvalue weighted by atomic mass is 10.0. The quantitative estimate of drug-likeness (QED) is 0.205. The van der Waals surface area contributed by atoms with Crippen LogP contribution in [0.4, 0.5) is 8.78 Å². The Bertz CT molecular complexity index is 1320. The Morgan fingerprint density at radius 1 is 0.737 bits per heavy atom. The van der Waals surface area contributed by atoms with Gasteiger partial charge in [-0.2, -0.15) is 0 Å². The van der Waals surface area contributed by atoms with Crippen molar-refractivity contribution < 1.29 is 33.4 Å². The summed E-state index contributed by atoms with van der Waals surface area (Å²) in [6, 6.07) is 11.4. The summed E-state index contributed by atoms with van der Waals surface area (Å²) in [5.74, 6) is -4.47. The van der Waals surface area contributed by atoms with Crippen LogP contribution in [0, 0.1) is 11.6 Å². The summed E-state index contributed by atoms with van der Waals surface area (Å²) >= 11 is 0. The number of carbonyl (C=O) groups is 3. The zero-order chi connectivity index (χ0) is 27.8. The third-order valence-corrected chi connectivity index (χ3v) is 5.89. The van der Waals surface area contributed by atoms with Crippen molar-refractivity contribution in [2.24, 2.45) is 11.5 Å². The van der Waals surface area contributed by atoms with Gasteiger partial charge < -0.3 is 32.3 Å². The number of benzene rings is 3. The van der Waals surface area contributed by atoms with Crippen LogP contribution < -0.4 is 22.1 Å². The SMILES string of the molecule is NC(=O)C(Cc1ccccc1F)NC(=O)C(Cc1ccccc1F)NC(=O)C(N)Cc1ccc(O)c(O)c1. The number of nitrogens with two attached hydrogens (primary N) is 2. The number of hydrogen-bond acceptors (Lipinski definition) is 6. The molecule has 3 rings (SSSR count). The number of rotatable bonds is 11. The molecule has 0 saturated heterocycles. The summed E-state index contributed by atoms with van der Waals surface area (Å²) < 4.78 is 28.5. The van der Waals surface area contributed by atoms with Crippen LogP contribution in [0.3, 0.4) is 0 Å². The predicted molar refractivity (Wildman–Crippen MR) is 135 cm³/mol. The monoisotopic (exact) mass is 526 g/mol. The van der Waals surface area contributed by atoms with Crippen molar-refractivity contribution in [2.75, 3.05) is 0 Å². The fraction of sp³-hybridized carbons (Fsp3) is 0.222. The van der Waals surface area contributed by atoms with Gasteiger partial charge in [0, 0.05) is 12.8 Å². The van der Waals surface area contributed by atoms with E-state index in [-0.39, 0.29) is 41.9 Å². The predicted octanol–water partition coefficient (Wildman–Crippen LogP) is 1.19. The number of phenols is 2. The third-order valence-electron chi connectivity index (χ3n) is 5.89. The minimum absolute atomic E-state index is 0.0507. The van der Waals surface area contributed by atoms with E-state index in [1.165, 1.54) is 54.6 Å². The number of nitrogens with one attached hydrogen (secondary N) is 2. The second-order valence-electron chi connectivity index (χ2n) is 8.75. The molecule has 3 amide bonds. The van der Waals surface area contributed by atoms with E-state index in [1.54, 1.807) is 12.1 Å². The van der Waals surface area contributed by atoms with Crippen molar-refractivity contribution in [3.63, 3.8) is 0 Å². The van der Waals surface area contributed by atoms with E-state index in [1.807, 2.05) is 0 Å². The Kier molecular flexibility index (Phi) is 9.33. The molecule has 3 atom stereocenters. The highest BCUT2D eigenvalue weighted by molar-refractivity contribution is 5.93. The summed E-state index contributed by atoms with van der Waals surface area (Å²) in [6.07, 6.45) is -0.564. The Hall–Kier alpha value is -4.51. The summed E-state index contributed by atoms with van der Waals surface area (Å²) in [4.78, 5) is 38.1. The molecule has 38 heavy (non-hydrogen) atoms. The number of amides is 3. The smallest absolute Gasteiger partial charge is 0.243 e. The van der Waals surface area contributed by atoms with Crippen LogP contribution in [0.5, 0.6) is 11.5 Å². The lowest BCUT2D eigenvalue weighted by Gasteiger charge is -2.24. The molecule has 3 aromatic carbocycles. The lowest BCUT2D eigenvalue weighted by molar-refractivity contribution is -0.131. The summed E-state index contributed by atoms with van der Waals surface area (Å²) in [7, 11) is 0. The zero-order valence-electron chi connectivity index (χ0n) is 20.2. The van der Waals surface area contributed by atoms with E-state index in [0.29, 0.717) is 5.56 Å². The minimum atomic E-state index is -1.36. The van der Waals surface area contributed by atoms with Gasteiger partial charge in [-0.15, -0.1) is 0 Å². The Morgan fingerprint density at radius 2 is 1.26 bits per heavy atom. The van der Waals surface area contributed by atoms with E-state index < -0.39 is 47.5 Å². The van der Waals surface area contributed by atoms with Crippen LogP contribution in [0.25, 0.3) is 0 Å². The Labute approximate surface area is 217 Å². The molecular formula is C27H28F2N4O5. The highest BCUT2D eigenvalue weighted by Crippen LogP contribution is 2.25. The molecule has 0 aliphatic carbocycles. The van der Waals surface area contributed by atoms with Gasteiger partial charge in [-0.25, -0.2) is 8.78 Å². The van der Waals surface area contributed by atoms with Crippen molar-refractivity contribution in [3.05, 3.63) is 95.1 Å². The number of aromatic hydroxyl groups is 2. The van der Waals surface area contributed by atoms with E-state index in [9.17, 15) is 33.4 Å². The molecule has 0 aliphatic rings. The van der Waals surface area contributed by atoms with Crippen LogP contribution in [0.2, 0.25) is 0 Å². The molecule has 0 spiro atoms. The van der Waals surface area contributed by atoms with Gasteiger partial charge >= 0.3 is 0 Å². The fourth-order valence-electron chi connectivity index (χ4n) is 3.79. The molecule has 200 valence electrons. The van der Waals surface area contributed by atoms with Crippen LogP contribution >= 0.6 is 0 Å². The van der Waals surface area contributed by atoms with Crippen molar-refractivity contribution >= 4 is 17.7 Å². The molecule has 0 fully saturated rings. The fourth-order valence-corrected chi connectivity index (χ4v) is 3.79. The molecule has 11 heteroatoms. The van der Waals surface area contributed by atoms with Crippen molar-refractivity contribution in [3.8, 4) is 11.5 Å². The molecule has 9 nitrogen and oxygen atoms in total. The van der Waals surface area contributed by atoms with Gasteiger partial charge in [0.15, 0.2) is 11.5 Å². The number of hydrogen-bond donors (Lipinski definition) is 6. The van der Waals surface area contributed by atoms with Gasteiger partial charge in [0.2, 0.25) is 17.7 Å². The van der Waals surface area contributed by atoms with Crippen molar-refractivity contribution in [1.29, 1.82) is 0 Å². The summed E-state index contributed by atoms with van der Waals surface area (Å²) in [5, 5.41) is 24.0. The highest BCUT2D eigenvalue weighted by Gasteiger charge is 2.29. The average Bonchev–Trinajstić information content (AvgIpc) is 2.87. The van der Waals surface area contributed by atoms with Gasteiger partial charge in [-0.3, -0.25) is 14.4 Å². The average molecular weight is 527 g/mol. The van der Waals surface area contributed by atoms with E-state index >= 15 is 0 Å². The van der Waals surface area contributed by atoms with Crippen LogP contribution in [0.1, 0.15) is 16.7 Å². The first kappa shape index (κ1) is 28.1. The van der Waals surface area contributed by atoms with Gasteiger partial charge in [-0.1, -0.05) is 42.5 Å². The first-order valence-corrected chi connectivity index (χ1v) is 11.7. The van der Waals surface area contributed by atoms with Crippen molar-refractivity contribution in [2.45, 2.75) is 37.4 Å². The van der Waals surface area contributed by atoms with Crippen LogP contribution in [0.15, 0.2) is 66.7 Å². The molecule has 8 N–H and O–H groups in total. The maximum absolute atomic E-state index is 14.4.